The molecule has 0 saturated carbocycles. The Kier molecular flexibility index (Phi) is 27.6. The van der Waals surface area contributed by atoms with E-state index in [1.807, 2.05) is 18.7 Å². The average molecular weight is 1280 g/mol. The molecule has 1 aromatic rings. The molecule has 7 unspecified atom stereocenters. The van der Waals surface area contributed by atoms with Crippen LogP contribution in [0.2, 0.25) is 0 Å². The molecule has 3 aliphatic rings. The number of hydrogen-bond acceptors (Lipinski definition) is 23. The number of epoxide rings is 1. The van der Waals surface area contributed by atoms with Crippen LogP contribution in [-0.2, 0) is 57.5 Å². The van der Waals surface area contributed by atoms with Crippen LogP contribution >= 0.6 is 11.8 Å². The minimum atomic E-state index is -1.78. The first kappa shape index (κ1) is 73.5. The smallest absolute Gasteiger partial charge is 0.320 e. The standard InChI is InChI=1S/C53H83N9O25S/c1-52(2)24-36(53(3,4)62(52)86)61-40(66)23-35(47(61)79)88-22-13-34-48(87-34)57-17-6-16-55(38(64)11-8-32(50(82)83)59(27-43(71)72)28-44(73)74)19-18-54(37(63)10-7-31(49(80)81)58(25-41(67)68)26-42(69)70)14-5-15-56(20-21-57)39(65)12-9-33(51(84)85)60(29-45(75)76)30-46(77)78/h23,31-34,36,38,48,64,66,79,86H,5-22,24-30H2,1-4H3,(H,67,68)(H,69,70)(H,71,72)(H,73,74)(H,75,76)(H,77,78)(H,80,81)(H,82,83)(H,84,85). The summed E-state index contributed by atoms with van der Waals surface area (Å²) in [6.07, 6.45) is -4.75. The number of aromatic nitrogens is 1. The van der Waals surface area contributed by atoms with E-state index in [1.165, 1.54) is 42.2 Å². The second kappa shape index (κ2) is 33.0. The lowest BCUT2D eigenvalue weighted by Gasteiger charge is -2.36. The van der Waals surface area contributed by atoms with Crippen LogP contribution < -0.4 is 0 Å². The third-order valence-corrected chi connectivity index (χ3v) is 16.9. The summed E-state index contributed by atoms with van der Waals surface area (Å²) in [6, 6.07) is -4.33. The average Bonchev–Trinajstić information content (AvgIpc) is 3.16. The van der Waals surface area contributed by atoms with Crippen molar-refractivity contribution in [3.8, 4) is 11.8 Å². The Hall–Kier alpha value is -6.96. The summed E-state index contributed by atoms with van der Waals surface area (Å²) in [6.45, 7) is 0.615. The van der Waals surface area contributed by atoms with E-state index in [0.717, 1.165) is 0 Å². The summed E-state index contributed by atoms with van der Waals surface area (Å²) < 4.78 is 7.57. The monoisotopic (exact) mass is 1280 g/mol. The van der Waals surface area contributed by atoms with Gasteiger partial charge >= 0.3 is 53.7 Å². The van der Waals surface area contributed by atoms with Gasteiger partial charge in [-0.25, -0.2) is 0 Å². The van der Waals surface area contributed by atoms with Crippen LogP contribution in [0.4, 0.5) is 0 Å². The zero-order valence-corrected chi connectivity index (χ0v) is 50.3. The summed E-state index contributed by atoms with van der Waals surface area (Å²) in [5.41, 5.74) is -1.57. The lowest BCUT2D eigenvalue weighted by atomic mass is 9.94. The van der Waals surface area contributed by atoms with Gasteiger partial charge in [-0.15, -0.1) is 11.8 Å². The number of carboxylic acids is 9. The van der Waals surface area contributed by atoms with Crippen LogP contribution in [0.1, 0.15) is 97.9 Å². The van der Waals surface area contributed by atoms with Gasteiger partial charge in [0.15, 0.2) is 5.88 Å². The number of amides is 2. The predicted octanol–water partition coefficient (Wildman–Crippen LogP) is -1.21. The number of nitrogens with zero attached hydrogens (tertiary/aromatic N) is 9. The fourth-order valence-corrected chi connectivity index (χ4v) is 12.5. The molecule has 3 aliphatic heterocycles. The normalized spacial score (nSPS) is 21.1. The Morgan fingerprint density at radius 2 is 1.00 bits per heavy atom. The zero-order valence-electron chi connectivity index (χ0n) is 49.4. The lowest BCUT2D eigenvalue weighted by molar-refractivity contribution is -0.195. The summed E-state index contributed by atoms with van der Waals surface area (Å²) in [4.78, 5) is 144. The molecule has 0 aromatic carbocycles. The molecule has 88 heavy (non-hydrogen) atoms. The van der Waals surface area contributed by atoms with Crippen molar-refractivity contribution < 1.29 is 124 Å². The van der Waals surface area contributed by atoms with E-state index in [1.54, 1.807) is 13.8 Å². The van der Waals surface area contributed by atoms with Gasteiger partial charge in [-0.1, -0.05) is 0 Å². The number of aliphatic hydroxyl groups is 1. The van der Waals surface area contributed by atoms with Crippen LogP contribution in [0.25, 0.3) is 0 Å². The van der Waals surface area contributed by atoms with Gasteiger partial charge in [0, 0.05) is 82.6 Å². The molecule has 0 radical (unpaired) electrons. The molecular weight excluding hydrogens is 1190 g/mol. The number of thioether (sulfide) groups is 1. The fourth-order valence-electron chi connectivity index (χ4n) is 11.5. The van der Waals surface area contributed by atoms with Gasteiger partial charge in [0.05, 0.1) is 55.7 Å². The van der Waals surface area contributed by atoms with Gasteiger partial charge in [-0.3, -0.25) is 81.8 Å². The molecule has 4 rings (SSSR count). The van der Waals surface area contributed by atoms with E-state index in [0.29, 0.717) is 38.2 Å². The number of aliphatic hydroxyl groups excluding tert-OH is 1. The number of carbonyl (C=O) groups excluding carboxylic acids is 2. The van der Waals surface area contributed by atoms with E-state index in [9.17, 15) is 119 Å². The second-order valence-corrected chi connectivity index (χ2v) is 24.2. The minimum Gasteiger partial charge on any atom is -0.494 e. The van der Waals surface area contributed by atoms with Crippen molar-refractivity contribution in [1.82, 2.24) is 43.9 Å². The first-order valence-corrected chi connectivity index (χ1v) is 29.4. The Labute approximate surface area is 509 Å². The maximum absolute atomic E-state index is 14.3. The van der Waals surface area contributed by atoms with E-state index in [2.05, 4.69) is 0 Å². The number of rotatable bonds is 34. The molecule has 7 atom stereocenters. The minimum absolute atomic E-state index is 0.00967. The van der Waals surface area contributed by atoms with E-state index < -0.39 is 191 Å². The Balaban J connectivity index is 1.68. The lowest BCUT2D eigenvalue weighted by Crippen LogP contribution is -2.49. The number of carboxylic acid groups (broad SMARTS) is 9. The van der Waals surface area contributed by atoms with E-state index >= 15 is 0 Å². The highest BCUT2D eigenvalue weighted by Crippen LogP contribution is 2.51. The van der Waals surface area contributed by atoms with Gasteiger partial charge in [0.1, 0.15) is 36.7 Å². The first-order chi connectivity index (χ1) is 41.0. The third kappa shape index (κ3) is 21.7. The van der Waals surface area contributed by atoms with Crippen molar-refractivity contribution in [2.45, 2.75) is 151 Å². The fraction of sp³-hybridized carbons (Fsp3) is 0.717. The first-order valence-electron chi connectivity index (χ1n) is 28.4. The summed E-state index contributed by atoms with van der Waals surface area (Å²) in [5.74, 6) is -15.5. The second-order valence-electron chi connectivity index (χ2n) is 23.1. The van der Waals surface area contributed by atoms with Crippen molar-refractivity contribution >= 4 is 77.3 Å². The number of ether oxygens (including phenoxy) is 1. The Bertz CT molecular complexity index is 2610. The number of hydrogen-bond donors (Lipinski definition) is 13. The molecule has 13 N–H and O–H groups in total. The van der Waals surface area contributed by atoms with Crippen LogP contribution in [0.5, 0.6) is 11.8 Å². The zero-order chi connectivity index (χ0) is 66.1. The molecule has 35 heteroatoms. The van der Waals surface area contributed by atoms with Crippen LogP contribution in [0.3, 0.4) is 0 Å². The number of aromatic hydroxyl groups is 2. The quantitative estimate of drug-likeness (QED) is 0.0284. The van der Waals surface area contributed by atoms with Crippen molar-refractivity contribution in [2.24, 2.45) is 0 Å². The molecule has 4 heterocycles. The van der Waals surface area contributed by atoms with Gasteiger partial charge in [-0.2, -0.15) is 5.06 Å². The predicted molar refractivity (Wildman–Crippen MR) is 301 cm³/mol. The topological polar surface area (TPSA) is 494 Å². The Morgan fingerprint density at radius 3 is 1.41 bits per heavy atom. The van der Waals surface area contributed by atoms with Crippen molar-refractivity contribution in [3.05, 3.63) is 6.07 Å². The van der Waals surface area contributed by atoms with Gasteiger partial charge in [-0.05, 0) is 79.1 Å². The highest BCUT2D eigenvalue weighted by molar-refractivity contribution is 7.99. The molecule has 496 valence electrons. The van der Waals surface area contributed by atoms with Gasteiger partial charge < -0.3 is 81.0 Å². The maximum atomic E-state index is 14.3. The molecule has 2 amide bonds. The molecule has 0 spiro atoms. The molecular formula is C53H83N9O25S. The molecule has 3 fully saturated rings. The molecule has 3 saturated heterocycles. The van der Waals surface area contributed by atoms with Crippen molar-refractivity contribution in [3.63, 3.8) is 0 Å². The van der Waals surface area contributed by atoms with E-state index in [4.69, 9.17) is 4.74 Å². The largest absolute Gasteiger partial charge is 0.494 e. The number of carbonyl (C=O) groups is 11. The van der Waals surface area contributed by atoms with Crippen LogP contribution in [0.15, 0.2) is 11.0 Å². The van der Waals surface area contributed by atoms with Crippen LogP contribution in [0, 0.1) is 0 Å². The number of aliphatic carboxylic acids is 9. The van der Waals surface area contributed by atoms with Gasteiger partial charge in [0.25, 0.3) is 0 Å². The van der Waals surface area contributed by atoms with Crippen molar-refractivity contribution in [1.29, 1.82) is 0 Å². The van der Waals surface area contributed by atoms with Gasteiger partial charge in [0.2, 0.25) is 17.7 Å². The molecule has 0 aliphatic carbocycles. The Morgan fingerprint density at radius 1 is 0.580 bits per heavy atom. The highest BCUT2D eigenvalue weighted by atomic mass is 32.2. The van der Waals surface area contributed by atoms with E-state index in [-0.39, 0.29) is 83.4 Å². The summed E-state index contributed by atoms with van der Waals surface area (Å²) in [7, 11) is 0. The summed E-state index contributed by atoms with van der Waals surface area (Å²) in [5, 5.41) is 134. The molecule has 1 aromatic heterocycles. The SMILES string of the molecule is CC1(C)CC(n2c(O)cc(SCCC3OC3N3CCCN(C(O)CCC(C(=O)O)N(CC(=O)O)CC(=O)O)CCN(C(=O)CCC(C(=O)O)N(CC(=O)O)CC(=O)O)CCCN(C(=O)CCC(C(=O)O)N(CC(=O)O)CC(=O)O)CC3)c2O)C(C)(C)N1O. The highest BCUT2D eigenvalue weighted by Gasteiger charge is 2.53. The van der Waals surface area contributed by atoms with Crippen LogP contribution in [-0.4, -0.2) is 321 Å². The maximum Gasteiger partial charge on any atom is 0.320 e. The molecule has 0 bridgehead atoms. The number of hydroxylamine groups is 2. The molecule has 34 nitrogen and oxygen atoms in total. The summed E-state index contributed by atoms with van der Waals surface area (Å²) >= 11 is 1.24. The third-order valence-electron chi connectivity index (χ3n) is 15.8. The van der Waals surface area contributed by atoms with Crippen molar-refractivity contribution in [2.75, 3.05) is 97.4 Å².